The molecule has 12 aromatic carbocycles. The summed E-state index contributed by atoms with van der Waals surface area (Å²) >= 11 is 0. The minimum absolute atomic E-state index is 0.599. The van der Waals surface area contributed by atoms with Gasteiger partial charge in [-0.15, -0.1) is 0 Å². The van der Waals surface area contributed by atoms with Gasteiger partial charge in [0.05, 0.1) is 27.8 Å². The van der Waals surface area contributed by atoms with Crippen LogP contribution in [-0.2, 0) is 0 Å². The van der Waals surface area contributed by atoms with Gasteiger partial charge in [0.1, 0.15) is 0 Å². The third-order valence-corrected chi connectivity index (χ3v) is 14.7. The van der Waals surface area contributed by atoms with Gasteiger partial charge < -0.3 is 9.13 Å². The zero-order valence-corrected chi connectivity index (χ0v) is 38.9. The maximum Gasteiger partial charge on any atom is 0.166 e. The molecule has 0 spiro atoms. The first kappa shape index (κ1) is 40.2. The van der Waals surface area contributed by atoms with E-state index in [4.69, 9.17) is 15.0 Å². The smallest absolute Gasteiger partial charge is 0.166 e. The zero-order chi connectivity index (χ0) is 47.3. The van der Waals surface area contributed by atoms with Gasteiger partial charge in [0.25, 0.3) is 0 Å². The van der Waals surface area contributed by atoms with Gasteiger partial charge in [0, 0.05) is 54.9 Å². The summed E-state index contributed by atoms with van der Waals surface area (Å²) in [5.41, 5.74) is 11.6. The molecule has 3 heterocycles. The molecule has 0 aliphatic heterocycles. The predicted molar refractivity (Wildman–Crippen MR) is 300 cm³/mol. The lowest BCUT2D eigenvalue weighted by atomic mass is 9.92. The average Bonchev–Trinajstić information content (AvgIpc) is 3.95. The van der Waals surface area contributed by atoms with E-state index < -0.39 is 0 Å². The van der Waals surface area contributed by atoms with Crippen molar-refractivity contribution in [1.29, 1.82) is 0 Å². The maximum atomic E-state index is 5.61. The van der Waals surface area contributed by atoms with Gasteiger partial charge >= 0.3 is 0 Å². The first-order chi connectivity index (χ1) is 35.7. The SMILES string of the molecule is c1ccc(-c2nc(-c3cc(-c4ccc5ccccc5c4)c(-n4c5cc6ccccc6cc5c5cc6ccccc6cc54)c4ccccc34)nc(-c3cccc4c5ccccc5n(-c5ccccc5)c34)n2)cc1. The van der Waals surface area contributed by atoms with E-state index in [0.717, 1.165) is 77.4 Å². The largest absolute Gasteiger partial charge is 0.309 e. The molecule has 0 saturated carbocycles. The van der Waals surface area contributed by atoms with E-state index >= 15 is 0 Å². The molecular formula is C67H41N5. The zero-order valence-electron chi connectivity index (χ0n) is 38.9. The lowest BCUT2D eigenvalue weighted by Gasteiger charge is -2.20. The Hall–Kier alpha value is -9.71. The normalized spacial score (nSPS) is 11.9. The van der Waals surface area contributed by atoms with Crippen LogP contribution in [0, 0.1) is 0 Å². The van der Waals surface area contributed by atoms with Crippen LogP contribution in [-0.4, -0.2) is 24.1 Å². The molecular weight excluding hydrogens is 875 g/mol. The van der Waals surface area contributed by atoms with E-state index in [9.17, 15) is 0 Å². The van der Waals surface area contributed by atoms with Crippen molar-refractivity contribution in [3.05, 3.63) is 249 Å². The molecule has 0 fully saturated rings. The Morgan fingerprint density at radius 2 is 0.764 bits per heavy atom. The molecule has 15 aromatic rings. The summed E-state index contributed by atoms with van der Waals surface area (Å²) < 4.78 is 4.88. The fourth-order valence-electron chi connectivity index (χ4n) is 11.4. The Labute approximate surface area is 414 Å². The van der Waals surface area contributed by atoms with Gasteiger partial charge in [-0.2, -0.15) is 0 Å². The summed E-state index contributed by atoms with van der Waals surface area (Å²) in [6, 6.07) is 89.6. The maximum absolute atomic E-state index is 5.61. The van der Waals surface area contributed by atoms with E-state index in [2.05, 4.69) is 240 Å². The standard InChI is InChI=1S/C67H41N5/c1-3-19-43(20-4-1)65-68-66(55-32-17-31-54-52-29-15-16-33-60(52)71(63(54)55)50-26-5-2-6-27-50)70-67(69-65)59-41-56(49-35-34-42-18-7-8-21-44(42)36-49)64(53-30-14-13-28-51(53)59)72-61-39-47-24-11-9-22-45(47)37-57(61)58-38-46-23-10-12-25-48(46)40-62(58)72/h1-41H. The number of rotatable bonds is 6. The van der Waals surface area contributed by atoms with E-state index in [1.54, 1.807) is 0 Å². The molecule has 0 aliphatic rings. The molecule has 5 nitrogen and oxygen atoms in total. The minimum atomic E-state index is 0.599. The molecule has 0 aliphatic carbocycles. The number of nitrogens with zero attached hydrogens (tertiary/aromatic N) is 5. The fraction of sp³-hybridized carbons (Fsp3) is 0. The molecule has 72 heavy (non-hydrogen) atoms. The van der Waals surface area contributed by atoms with Crippen LogP contribution in [0.3, 0.4) is 0 Å². The van der Waals surface area contributed by atoms with Crippen molar-refractivity contribution in [2.45, 2.75) is 0 Å². The van der Waals surface area contributed by atoms with Crippen LogP contribution in [0.15, 0.2) is 249 Å². The second kappa shape index (κ2) is 15.9. The van der Waals surface area contributed by atoms with E-state index in [0.29, 0.717) is 17.5 Å². The Morgan fingerprint density at radius 3 is 1.44 bits per heavy atom. The van der Waals surface area contributed by atoms with Gasteiger partial charge in [-0.1, -0.05) is 188 Å². The Bertz CT molecular complexity index is 4590. The molecule has 0 unspecified atom stereocenters. The highest BCUT2D eigenvalue weighted by Gasteiger charge is 2.25. The molecule has 5 heteroatoms. The van der Waals surface area contributed by atoms with Crippen LogP contribution >= 0.6 is 0 Å². The van der Waals surface area contributed by atoms with Gasteiger partial charge in [0.2, 0.25) is 0 Å². The highest BCUT2D eigenvalue weighted by atomic mass is 15.1. The minimum Gasteiger partial charge on any atom is -0.309 e. The van der Waals surface area contributed by atoms with Crippen LogP contribution < -0.4 is 0 Å². The first-order valence-corrected chi connectivity index (χ1v) is 24.5. The fourth-order valence-corrected chi connectivity index (χ4v) is 11.4. The predicted octanol–water partition coefficient (Wildman–Crippen LogP) is 17.3. The molecule has 0 radical (unpaired) electrons. The summed E-state index contributed by atoms with van der Waals surface area (Å²) in [7, 11) is 0. The van der Waals surface area contributed by atoms with Gasteiger partial charge in [-0.05, 0) is 104 Å². The second-order valence-corrected chi connectivity index (χ2v) is 18.8. The number of fused-ring (bicyclic) bond motifs is 10. The van der Waals surface area contributed by atoms with Crippen molar-refractivity contribution in [2.24, 2.45) is 0 Å². The summed E-state index contributed by atoms with van der Waals surface area (Å²) in [5.74, 6) is 1.81. The molecule has 0 N–H and O–H groups in total. The van der Waals surface area contributed by atoms with Crippen molar-refractivity contribution >= 4 is 86.7 Å². The summed E-state index contributed by atoms with van der Waals surface area (Å²) in [4.78, 5) is 16.5. The van der Waals surface area contributed by atoms with E-state index in [-0.39, 0.29) is 0 Å². The quantitative estimate of drug-likeness (QED) is 0.167. The third kappa shape index (κ3) is 6.24. The molecule has 3 aromatic heterocycles. The number of para-hydroxylation sites is 3. The average molecular weight is 916 g/mol. The van der Waals surface area contributed by atoms with E-state index in [1.165, 1.54) is 48.5 Å². The topological polar surface area (TPSA) is 48.5 Å². The first-order valence-electron chi connectivity index (χ1n) is 24.5. The Balaban J connectivity index is 1.07. The molecule has 0 saturated heterocycles. The van der Waals surface area contributed by atoms with Crippen molar-refractivity contribution in [3.63, 3.8) is 0 Å². The summed E-state index contributed by atoms with van der Waals surface area (Å²) in [6.45, 7) is 0. The highest BCUT2D eigenvalue weighted by Crippen LogP contribution is 2.46. The molecule has 334 valence electrons. The molecule has 0 amide bonds. The number of hydrogen-bond acceptors (Lipinski definition) is 3. The third-order valence-electron chi connectivity index (χ3n) is 14.7. The van der Waals surface area contributed by atoms with Crippen LogP contribution in [0.5, 0.6) is 0 Å². The molecule has 0 bridgehead atoms. The van der Waals surface area contributed by atoms with Crippen LogP contribution in [0.25, 0.3) is 143 Å². The lowest BCUT2D eigenvalue weighted by molar-refractivity contribution is 1.07. The number of hydrogen-bond donors (Lipinski definition) is 0. The lowest BCUT2D eigenvalue weighted by Crippen LogP contribution is -2.04. The van der Waals surface area contributed by atoms with Crippen LogP contribution in [0.2, 0.25) is 0 Å². The molecule has 0 atom stereocenters. The highest BCUT2D eigenvalue weighted by molar-refractivity contribution is 6.19. The number of aromatic nitrogens is 5. The van der Waals surface area contributed by atoms with Gasteiger partial charge in [0.15, 0.2) is 17.5 Å². The summed E-state index contributed by atoms with van der Waals surface area (Å²) in [5, 5.41) is 14.0. The summed E-state index contributed by atoms with van der Waals surface area (Å²) in [6.07, 6.45) is 0. The Morgan fingerprint density at radius 1 is 0.250 bits per heavy atom. The van der Waals surface area contributed by atoms with Crippen molar-refractivity contribution in [3.8, 4) is 56.7 Å². The Kier molecular flexibility index (Phi) is 8.89. The van der Waals surface area contributed by atoms with E-state index in [1.807, 2.05) is 18.2 Å². The van der Waals surface area contributed by atoms with Crippen molar-refractivity contribution in [2.75, 3.05) is 0 Å². The molecule has 15 rings (SSSR count). The van der Waals surface area contributed by atoms with Gasteiger partial charge in [-0.25, -0.2) is 15.0 Å². The number of benzene rings is 12. The van der Waals surface area contributed by atoms with Crippen molar-refractivity contribution < 1.29 is 0 Å². The van der Waals surface area contributed by atoms with Crippen LogP contribution in [0.4, 0.5) is 0 Å². The van der Waals surface area contributed by atoms with Gasteiger partial charge in [-0.3, -0.25) is 0 Å². The van der Waals surface area contributed by atoms with Crippen LogP contribution in [0.1, 0.15) is 0 Å². The van der Waals surface area contributed by atoms with Crippen molar-refractivity contribution in [1.82, 2.24) is 24.1 Å². The monoisotopic (exact) mass is 915 g/mol. The second-order valence-electron chi connectivity index (χ2n) is 18.8.